The van der Waals surface area contributed by atoms with E-state index in [1.165, 1.54) is 28.8 Å². The van der Waals surface area contributed by atoms with E-state index in [0.29, 0.717) is 10.7 Å². The lowest BCUT2D eigenvalue weighted by atomic mass is 10.1. The van der Waals surface area contributed by atoms with Crippen molar-refractivity contribution in [1.82, 2.24) is 19.7 Å². The summed E-state index contributed by atoms with van der Waals surface area (Å²) in [4.78, 5) is 7.58. The van der Waals surface area contributed by atoms with E-state index in [2.05, 4.69) is 15.1 Å². The lowest BCUT2D eigenvalue weighted by molar-refractivity contribution is -0.137. The molecule has 2 rings (SSSR count). The molecular formula is C10H9F3N4S. The van der Waals surface area contributed by atoms with Crippen molar-refractivity contribution in [1.29, 1.82) is 0 Å². The second-order valence-corrected chi connectivity index (χ2v) is 4.29. The number of rotatable bonds is 2. The second kappa shape index (κ2) is 4.60. The van der Waals surface area contributed by atoms with Gasteiger partial charge in [-0.15, -0.1) is 0 Å². The minimum atomic E-state index is -4.48. The van der Waals surface area contributed by atoms with Gasteiger partial charge < -0.3 is 0 Å². The summed E-state index contributed by atoms with van der Waals surface area (Å²) < 4.78 is 40.0. The molecule has 0 saturated carbocycles. The molecule has 2 aromatic heterocycles. The molecule has 96 valence electrons. The third kappa shape index (κ3) is 2.47. The fourth-order valence-electron chi connectivity index (χ4n) is 1.44. The number of aromatic nitrogens is 4. The lowest BCUT2D eigenvalue weighted by Crippen LogP contribution is -2.09. The molecule has 0 unspecified atom stereocenters. The van der Waals surface area contributed by atoms with Gasteiger partial charge in [-0.05, 0) is 6.26 Å². The monoisotopic (exact) mass is 274 g/mol. The highest BCUT2D eigenvalue weighted by atomic mass is 32.2. The van der Waals surface area contributed by atoms with Crippen molar-refractivity contribution in [2.24, 2.45) is 7.05 Å². The maximum Gasteiger partial charge on any atom is 0.419 e. The molecule has 0 bridgehead atoms. The van der Waals surface area contributed by atoms with Crippen molar-refractivity contribution in [2.75, 3.05) is 6.26 Å². The van der Waals surface area contributed by atoms with Crippen molar-refractivity contribution in [3.63, 3.8) is 0 Å². The van der Waals surface area contributed by atoms with E-state index in [-0.39, 0.29) is 5.69 Å². The van der Waals surface area contributed by atoms with Gasteiger partial charge in [0.1, 0.15) is 5.56 Å². The number of hydrogen-bond acceptors (Lipinski definition) is 4. The molecule has 0 aliphatic rings. The Hall–Kier alpha value is -1.57. The van der Waals surface area contributed by atoms with Crippen molar-refractivity contribution in [3.8, 4) is 11.3 Å². The normalized spacial score (nSPS) is 11.8. The summed E-state index contributed by atoms with van der Waals surface area (Å²) in [5, 5.41) is 4.15. The smallest absolute Gasteiger partial charge is 0.275 e. The number of aryl methyl sites for hydroxylation is 1. The molecule has 0 amide bonds. The van der Waals surface area contributed by atoms with Gasteiger partial charge in [0.2, 0.25) is 0 Å². The first-order valence-electron chi connectivity index (χ1n) is 4.89. The Kier molecular flexibility index (Phi) is 3.29. The zero-order valence-electron chi connectivity index (χ0n) is 9.56. The number of nitrogens with zero attached hydrogens (tertiary/aromatic N) is 4. The van der Waals surface area contributed by atoms with E-state index in [9.17, 15) is 13.2 Å². The predicted molar refractivity (Wildman–Crippen MR) is 61.0 cm³/mol. The van der Waals surface area contributed by atoms with E-state index in [1.807, 2.05) is 0 Å². The molecule has 4 nitrogen and oxygen atoms in total. The SMILES string of the molecule is CSc1ncc(C(F)(F)F)c(-c2cnn(C)c2)n1. The summed E-state index contributed by atoms with van der Waals surface area (Å²) in [6.07, 6.45) is 0.863. The molecule has 0 aromatic carbocycles. The number of hydrogen-bond donors (Lipinski definition) is 0. The maximum absolute atomic E-state index is 12.9. The van der Waals surface area contributed by atoms with E-state index in [4.69, 9.17) is 0 Å². The Morgan fingerprint density at radius 1 is 1.28 bits per heavy atom. The van der Waals surface area contributed by atoms with Gasteiger partial charge in [0, 0.05) is 25.0 Å². The van der Waals surface area contributed by atoms with E-state index in [0.717, 1.165) is 6.20 Å². The summed E-state index contributed by atoms with van der Waals surface area (Å²) in [5.41, 5.74) is -0.675. The van der Waals surface area contributed by atoms with Crippen LogP contribution in [0.25, 0.3) is 11.3 Å². The van der Waals surface area contributed by atoms with Crippen LogP contribution in [-0.4, -0.2) is 26.0 Å². The van der Waals surface area contributed by atoms with Crippen LogP contribution in [0.2, 0.25) is 0 Å². The largest absolute Gasteiger partial charge is 0.419 e. The lowest BCUT2D eigenvalue weighted by Gasteiger charge is -2.10. The molecular weight excluding hydrogens is 265 g/mol. The molecule has 18 heavy (non-hydrogen) atoms. The van der Waals surface area contributed by atoms with Crippen LogP contribution in [0.3, 0.4) is 0 Å². The summed E-state index contributed by atoms with van der Waals surface area (Å²) in [5.74, 6) is 0. The summed E-state index contributed by atoms with van der Waals surface area (Å²) in [7, 11) is 1.63. The van der Waals surface area contributed by atoms with Crippen LogP contribution < -0.4 is 0 Å². The predicted octanol–water partition coefficient (Wildman–Crippen LogP) is 2.62. The van der Waals surface area contributed by atoms with Gasteiger partial charge in [0.15, 0.2) is 5.16 Å². The Morgan fingerprint density at radius 3 is 2.50 bits per heavy atom. The first-order valence-corrected chi connectivity index (χ1v) is 6.11. The second-order valence-electron chi connectivity index (χ2n) is 3.52. The molecule has 0 saturated heterocycles. The molecule has 0 atom stereocenters. The van der Waals surface area contributed by atoms with E-state index in [1.54, 1.807) is 13.3 Å². The van der Waals surface area contributed by atoms with Gasteiger partial charge in [-0.25, -0.2) is 9.97 Å². The fraction of sp³-hybridized carbons (Fsp3) is 0.300. The van der Waals surface area contributed by atoms with Crippen molar-refractivity contribution in [2.45, 2.75) is 11.3 Å². The Balaban J connectivity index is 2.61. The quantitative estimate of drug-likeness (QED) is 0.623. The van der Waals surface area contributed by atoms with Crippen LogP contribution in [0.4, 0.5) is 13.2 Å². The molecule has 0 aliphatic carbocycles. The maximum atomic E-state index is 12.9. The molecule has 2 heterocycles. The van der Waals surface area contributed by atoms with Gasteiger partial charge in [0.05, 0.1) is 11.9 Å². The van der Waals surface area contributed by atoms with Crippen LogP contribution in [-0.2, 0) is 13.2 Å². The van der Waals surface area contributed by atoms with Crippen LogP contribution >= 0.6 is 11.8 Å². The van der Waals surface area contributed by atoms with Gasteiger partial charge in [-0.1, -0.05) is 11.8 Å². The highest BCUT2D eigenvalue weighted by Gasteiger charge is 2.35. The number of thioether (sulfide) groups is 1. The van der Waals surface area contributed by atoms with Gasteiger partial charge in [0.25, 0.3) is 0 Å². The average Bonchev–Trinajstić information content (AvgIpc) is 2.74. The summed E-state index contributed by atoms with van der Waals surface area (Å²) >= 11 is 1.19. The fourth-order valence-corrected chi connectivity index (χ4v) is 1.78. The molecule has 0 N–H and O–H groups in total. The first-order chi connectivity index (χ1) is 8.41. The molecule has 0 radical (unpaired) electrons. The average molecular weight is 274 g/mol. The van der Waals surface area contributed by atoms with Crippen LogP contribution in [0.5, 0.6) is 0 Å². The molecule has 8 heteroatoms. The highest BCUT2D eigenvalue weighted by Crippen LogP contribution is 2.35. The van der Waals surface area contributed by atoms with Gasteiger partial charge >= 0.3 is 6.18 Å². The third-order valence-electron chi connectivity index (χ3n) is 2.23. The minimum absolute atomic E-state index is 0.144. The zero-order chi connectivity index (χ0) is 13.3. The van der Waals surface area contributed by atoms with E-state index >= 15 is 0 Å². The highest BCUT2D eigenvalue weighted by molar-refractivity contribution is 7.98. The van der Waals surface area contributed by atoms with Crippen molar-refractivity contribution >= 4 is 11.8 Å². The molecule has 2 aromatic rings. The standard InChI is InChI=1S/C10H9F3N4S/c1-17-5-6(3-15-17)8-7(10(11,12)13)4-14-9(16-8)18-2/h3-5H,1-2H3. The van der Waals surface area contributed by atoms with Crippen LogP contribution in [0.1, 0.15) is 5.56 Å². The van der Waals surface area contributed by atoms with Gasteiger partial charge in [-0.2, -0.15) is 18.3 Å². The number of halogens is 3. The van der Waals surface area contributed by atoms with Crippen molar-refractivity contribution in [3.05, 3.63) is 24.2 Å². The van der Waals surface area contributed by atoms with Crippen LogP contribution in [0, 0.1) is 0 Å². The Bertz CT molecular complexity index is 564. The summed E-state index contributed by atoms with van der Waals surface area (Å²) in [6, 6.07) is 0. The van der Waals surface area contributed by atoms with Crippen molar-refractivity contribution < 1.29 is 13.2 Å². The van der Waals surface area contributed by atoms with E-state index < -0.39 is 11.7 Å². The van der Waals surface area contributed by atoms with Crippen LogP contribution in [0.15, 0.2) is 23.7 Å². The minimum Gasteiger partial charge on any atom is -0.275 e. The van der Waals surface area contributed by atoms with Gasteiger partial charge in [-0.3, -0.25) is 4.68 Å². The number of alkyl halides is 3. The summed E-state index contributed by atoms with van der Waals surface area (Å²) in [6.45, 7) is 0. The molecule has 0 spiro atoms. The third-order valence-corrected chi connectivity index (χ3v) is 2.79. The Labute approximate surface area is 105 Å². The first kappa shape index (κ1) is 12.9. The Morgan fingerprint density at radius 2 is 2.00 bits per heavy atom. The molecule has 0 fully saturated rings. The zero-order valence-corrected chi connectivity index (χ0v) is 10.4. The topological polar surface area (TPSA) is 43.6 Å². The molecule has 0 aliphatic heterocycles.